The Bertz CT molecular complexity index is 1170. The second-order valence-electron chi connectivity index (χ2n) is 9.40. The van der Waals surface area contributed by atoms with Gasteiger partial charge in [-0.25, -0.2) is 4.79 Å². The minimum Gasteiger partial charge on any atom is -0.465 e. The maximum atomic E-state index is 12.0. The number of allylic oxidation sites excluding steroid dienone is 4. The molecule has 2 aromatic carbocycles. The van der Waals surface area contributed by atoms with Gasteiger partial charge in [-0.05, 0) is 43.7 Å². The van der Waals surface area contributed by atoms with Gasteiger partial charge in [0.25, 0.3) is 0 Å². The van der Waals surface area contributed by atoms with E-state index in [-0.39, 0.29) is 16.8 Å². The summed E-state index contributed by atoms with van der Waals surface area (Å²) in [5.74, 6) is -0.305. The summed E-state index contributed by atoms with van der Waals surface area (Å²) in [5.41, 5.74) is 7.66. The SMILES string of the molecule is COC(=O)c1ccc2c(c1)C(C)(C)C(=CC=CC1=[N+](C)c3ccccc3C1(C)C)N2C. The van der Waals surface area contributed by atoms with Gasteiger partial charge in [0.2, 0.25) is 5.69 Å². The van der Waals surface area contributed by atoms with E-state index in [1.807, 2.05) is 18.2 Å². The van der Waals surface area contributed by atoms with Crippen LogP contribution in [0.4, 0.5) is 11.4 Å². The van der Waals surface area contributed by atoms with Crippen LogP contribution in [0.25, 0.3) is 0 Å². The van der Waals surface area contributed by atoms with Gasteiger partial charge in [-0.15, -0.1) is 0 Å². The number of hydrogen-bond acceptors (Lipinski definition) is 3. The first kappa shape index (κ1) is 21.1. The van der Waals surface area contributed by atoms with E-state index < -0.39 is 0 Å². The van der Waals surface area contributed by atoms with Crippen molar-refractivity contribution in [2.45, 2.75) is 38.5 Å². The number of carbonyl (C=O) groups is 1. The summed E-state index contributed by atoms with van der Waals surface area (Å²) < 4.78 is 7.19. The number of para-hydroxylation sites is 1. The molecule has 160 valence electrons. The van der Waals surface area contributed by atoms with E-state index in [0.29, 0.717) is 5.56 Å². The Kier molecular flexibility index (Phi) is 4.92. The van der Waals surface area contributed by atoms with Crippen LogP contribution in [0.3, 0.4) is 0 Å². The van der Waals surface area contributed by atoms with Gasteiger partial charge in [-0.3, -0.25) is 0 Å². The van der Waals surface area contributed by atoms with Gasteiger partial charge in [0.1, 0.15) is 7.05 Å². The van der Waals surface area contributed by atoms with Crippen molar-refractivity contribution in [3.05, 3.63) is 83.1 Å². The lowest BCUT2D eigenvalue weighted by Gasteiger charge is -2.23. The van der Waals surface area contributed by atoms with Crippen LogP contribution in [-0.2, 0) is 15.6 Å². The zero-order valence-electron chi connectivity index (χ0n) is 19.5. The highest BCUT2D eigenvalue weighted by Gasteiger charge is 2.43. The number of rotatable bonds is 3. The number of likely N-dealkylation sites (N-methyl/N-ethyl adjacent to an activating group) is 1. The molecule has 0 saturated carbocycles. The van der Waals surface area contributed by atoms with Crippen molar-refractivity contribution in [3.63, 3.8) is 0 Å². The molecular formula is C27H31N2O2+. The highest BCUT2D eigenvalue weighted by molar-refractivity contribution is 6.03. The summed E-state index contributed by atoms with van der Waals surface area (Å²) in [6, 6.07) is 14.4. The minimum absolute atomic E-state index is 0.0458. The van der Waals surface area contributed by atoms with E-state index in [9.17, 15) is 4.79 Å². The minimum atomic E-state index is -0.305. The number of fused-ring (bicyclic) bond motifs is 2. The topological polar surface area (TPSA) is 32.6 Å². The predicted molar refractivity (Wildman–Crippen MR) is 127 cm³/mol. The highest BCUT2D eigenvalue weighted by atomic mass is 16.5. The van der Waals surface area contributed by atoms with Gasteiger partial charge >= 0.3 is 5.97 Å². The van der Waals surface area contributed by atoms with Crippen molar-refractivity contribution >= 4 is 23.1 Å². The Morgan fingerprint density at radius 1 is 1.03 bits per heavy atom. The molecule has 0 amide bonds. The van der Waals surface area contributed by atoms with Crippen LogP contribution in [0.5, 0.6) is 0 Å². The number of ether oxygens (including phenoxy) is 1. The van der Waals surface area contributed by atoms with E-state index in [1.54, 1.807) is 0 Å². The summed E-state index contributed by atoms with van der Waals surface area (Å²) >= 11 is 0. The van der Waals surface area contributed by atoms with Crippen LogP contribution < -0.4 is 4.90 Å². The number of methoxy groups -OCH3 is 1. The van der Waals surface area contributed by atoms with Gasteiger partial charge in [0.05, 0.1) is 18.1 Å². The average molecular weight is 416 g/mol. The fraction of sp³-hybridized carbons (Fsp3) is 0.333. The van der Waals surface area contributed by atoms with Gasteiger partial charge in [0, 0.05) is 41.6 Å². The molecule has 0 unspecified atom stereocenters. The summed E-state index contributed by atoms with van der Waals surface area (Å²) in [6.45, 7) is 8.95. The summed E-state index contributed by atoms with van der Waals surface area (Å²) in [7, 11) is 5.64. The average Bonchev–Trinajstić information content (AvgIpc) is 3.07. The molecule has 2 aliphatic rings. The third kappa shape index (κ3) is 3.13. The molecule has 0 aliphatic carbocycles. The Labute approximate surface area is 185 Å². The Balaban J connectivity index is 1.69. The maximum absolute atomic E-state index is 12.0. The summed E-state index contributed by atoms with van der Waals surface area (Å²) in [4.78, 5) is 14.2. The highest BCUT2D eigenvalue weighted by Crippen LogP contribution is 2.47. The zero-order chi connectivity index (χ0) is 22.6. The molecule has 0 radical (unpaired) electrons. The molecule has 0 bridgehead atoms. The molecular weight excluding hydrogens is 384 g/mol. The molecule has 2 aliphatic heterocycles. The second-order valence-corrected chi connectivity index (χ2v) is 9.40. The molecule has 0 atom stereocenters. The molecule has 2 aromatic rings. The number of anilines is 1. The molecule has 0 N–H and O–H groups in total. The van der Waals surface area contributed by atoms with Crippen molar-refractivity contribution in [1.82, 2.24) is 0 Å². The lowest BCUT2D eigenvalue weighted by atomic mass is 9.81. The Hall–Kier alpha value is -3.14. The summed E-state index contributed by atoms with van der Waals surface area (Å²) in [6.07, 6.45) is 6.57. The largest absolute Gasteiger partial charge is 0.465 e. The van der Waals surface area contributed by atoms with Crippen LogP contribution in [0, 0.1) is 0 Å². The van der Waals surface area contributed by atoms with Crippen LogP contribution >= 0.6 is 0 Å². The number of esters is 1. The Morgan fingerprint density at radius 3 is 2.42 bits per heavy atom. The number of hydrogen-bond donors (Lipinski definition) is 0. The predicted octanol–water partition coefficient (Wildman–Crippen LogP) is 5.35. The van der Waals surface area contributed by atoms with Crippen molar-refractivity contribution in [2.75, 3.05) is 26.1 Å². The molecule has 4 heteroatoms. The number of benzene rings is 2. The molecule has 0 fully saturated rings. The van der Waals surface area contributed by atoms with Crippen molar-refractivity contribution < 1.29 is 14.1 Å². The van der Waals surface area contributed by atoms with Crippen LogP contribution in [0.15, 0.2) is 66.4 Å². The first-order valence-corrected chi connectivity index (χ1v) is 10.7. The van der Waals surface area contributed by atoms with Crippen LogP contribution in [-0.4, -0.2) is 37.5 Å². The van der Waals surface area contributed by atoms with E-state index in [1.165, 1.54) is 29.8 Å². The lowest BCUT2D eigenvalue weighted by molar-refractivity contribution is -0.401. The van der Waals surface area contributed by atoms with Gasteiger partial charge in [0.15, 0.2) is 5.71 Å². The van der Waals surface area contributed by atoms with E-state index >= 15 is 0 Å². The van der Waals surface area contributed by atoms with Gasteiger partial charge in [-0.2, -0.15) is 4.58 Å². The van der Waals surface area contributed by atoms with Crippen molar-refractivity contribution in [1.29, 1.82) is 0 Å². The van der Waals surface area contributed by atoms with E-state index in [2.05, 4.69) is 93.8 Å². The normalized spacial score (nSPS) is 19.8. The molecule has 2 heterocycles. The fourth-order valence-electron chi connectivity index (χ4n) is 5.11. The first-order valence-electron chi connectivity index (χ1n) is 10.7. The molecule has 4 rings (SSSR count). The second kappa shape index (κ2) is 7.23. The van der Waals surface area contributed by atoms with E-state index in [0.717, 1.165) is 11.3 Å². The van der Waals surface area contributed by atoms with Crippen molar-refractivity contribution in [2.24, 2.45) is 0 Å². The van der Waals surface area contributed by atoms with Crippen molar-refractivity contribution in [3.8, 4) is 0 Å². The Morgan fingerprint density at radius 2 is 1.74 bits per heavy atom. The van der Waals surface area contributed by atoms with E-state index in [4.69, 9.17) is 4.74 Å². The molecule has 31 heavy (non-hydrogen) atoms. The molecule has 0 saturated heterocycles. The van der Waals surface area contributed by atoms with Crippen LogP contribution in [0.2, 0.25) is 0 Å². The third-order valence-electron chi connectivity index (χ3n) is 6.90. The van der Waals surface area contributed by atoms with Gasteiger partial charge in [-0.1, -0.05) is 38.1 Å². The number of carbonyl (C=O) groups excluding carboxylic acids is 1. The molecule has 4 nitrogen and oxygen atoms in total. The zero-order valence-corrected chi connectivity index (χ0v) is 19.5. The quantitative estimate of drug-likeness (QED) is 0.501. The summed E-state index contributed by atoms with van der Waals surface area (Å²) in [5, 5.41) is 0. The first-order chi connectivity index (χ1) is 14.6. The molecule has 0 aromatic heterocycles. The number of nitrogens with zero attached hydrogens (tertiary/aromatic N) is 2. The fourth-order valence-corrected chi connectivity index (χ4v) is 5.11. The molecule has 0 spiro atoms. The third-order valence-corrected chi connectivity index (χ3v) is 6.90. The van der Waals surface area contributed by atoms with Crippen LogP contribution in [0.1, 0.15) is 49.2 Å². The maximum Gasteiger partial charge on any atom is 0.337 e. The standard InChI is InChI=1S/C27H31N2O2/c1-26(2)19-11-8-9-12-21(19)28(5)23(26)13-10-14-24-27(3,4)20-17-18(25(30)31-7)15-16-22(20)29(24)6/h8-17H,1-7H3/q+1. The lowest BCUT2D eigenvalue weighted by Crippen LogP contribution is -2.26. The smallest absolute Gasteiger partial charge is 0.337 e. The monoisotopic (exact) mass is 415 g/mol. The van der Waals surface area contributed by atoms with Gasteiger partial charge < -0.3 is 9.64 Å².